The number of carbonyl (C=O) groups is 2. The normalized spacial score (nSPS) is 10.0. The van der Waals surface area contributed by atoms with Gasteiger partial charge in [0.2, 0.25) is 5.75 Å². The van der Waals surface area contributed by atoms with Crippen molar-refractivity contribution in [1.29, 1.82) is 0 Å². The van der Waals surface area contributed by atoms with Crippen molar-refractivity contribution in [3.63, 3.8) is 0 Å². The number of nitro benzene ring substituents is 1. The van der Waals surface area contributed by atoms with E-state index in [2.05, 4.69) is 20.7 Å². The molecule has 0 aromatic heterocycles. The topological polar surface area (TPSA) is 95.7 Å². The number of halogens is 2. The summed E-state index contributed by atoms with van der Waals surface area (Å²) in [5, 5.41) is 10.8. The molecule has 0 N–H and O–H groups in total. The summed E-state index contributed by atoms with van der Waals surface area (Å²) in [4.78, 5) is 32.5. The van der Waals surface area contributed by atoms with E-state index in [9.17, 15) is 24.1 Å². The highest BCUT2D eigenvalue weighted by Gasteiger charge is 2.22. The van der Waals surface area contributed by atoms with Gasteiger partial charge in [0.05, 0.1) is 22.1 Å². The Hall–Kier alpha value is -2.03. The van der Waals surface area contributed by atoms with Gasteiger partial charge in [-0.2, -0.15) is 0 Å². The Kier molecular flexibility index (Phi) is 6.22. The van der Waals surface area contributed by atoms with Gasteiger partial charge < -0.3 is 9.47 Å². The van der Waals surface area contributed by atoms with E-state index in [1.54, 1.807) is 6.92 Å². The van der Waals surface area contributed by atoms with Crippen molar-refractivity contribution in [2.24, 2.45) is 0 Å². The number of hydrogen-bond acceptors (Lipinski definition) is 6. The third-order valence-corrected chi connectivity index (χ3v) is 2.80. The molecule has 0 amide bonds. The van der Waals surface area contributed by atoms with Gasteiger partial charge in [-0.15, -0.1) is 0 Å². The molecule has 0 aliphatic rings. The van der Waals surface area contributed by atoms with Gasteiger partial charge in [-0.25, -0.2) is 4.39 Å². The maximum atomic E-state index is 13.1. The molecule has 1 aromatic carbocycles. The van der Waals surface area contributed by atoms with Gasteiger partial charge in [0, 0.05) is 0 Å². The largest absolute Gasteiger partial charge is 0.478 e. The number of esters is 1. The van der Waals surface area contributed by atoms with Crippen LogP contribution in [-0.4, -0.2) is 29.9 Å². The minimum Gasteiger partial charge on any atom is -0.478 e. The van der Waals surface area contributed by atoms with Crippen LogP contribution in [0.15, 0.2) is 16.6 Å². The lowest BCUT2D eigenvalue weighted by atomic mass is 10.2. The predicted octanol–water partition coefficient (Wildman–Crippen LogP) is 2.40. The molecule has 114 valence electrons. The van der Waals surface area contributed by atoms with Gasteiger partial charge in [-0.3, -0.25) is 19.7 Å². The van der Waals surface area contributed by atoms with Crippen molar-refractivity contribution in [1.82, 2.24) is 0 Å². The Morgan fingerprint density at radius 1 is 1.43 bits per heavy atom. The van der Waals surface area contributed by atoms with Crippen LogP contribution >= 0.6 is 15.9 Å². The fourth-order valence-electron chi connectivity index (χ4n) is 1.40. The second-order valence-electron chi connectivity index (χ2n) is 3.80. The SMILES string of the molecule is CCOC(=O)CC(=O)COc1c(Br)cc(F)cc1[N+](=O)[O-]. The fourth-order valence-corrected chi connectivity index (χ4v) is 1.94. The Labute approximate surface area is 127 Å². The second-order valence-corrected chi connectivity index (χ2v) is 4.66. The summed E-state index contributed by atoms with van der Waals surface area (Å²) in [6.07, 6.45) is -0.500. The van der Waals surface area contributed by atoms with E-state index in [1.807, 2.05) is 0 Å². The van der Waals surface area contributed by atoms with Gasteiger partial charge in [0.1, 0.15) is 18.8 Å². The average molecular weight is 364 g/mol. The van der Waals surface area contributed by atoms with E-state index in [0.717, 1.165) is 6.07 Å². The molecular formula is C12H11BrFNO6. The number of ketones is 1. The molecule has 0 aliphatic heterocycles. The van der Waals surface area contributed by atoms with E-state index in [4.69, 9.17) is 4.74 Å². The number of Topliss-reactive ketones (excluding diaryl/α,β-unsaturated/α-hetero) is 1. The number of nitro groups is 1. The van der Waals surface area contributed by atoms with Crippen LogP contribution in [0.2, 0.25) is 0 Å². The lowest BCUT2D eigenvalue weighted by Gasteiger charge is -2.08. The van der Waals surface area contributed by atoms with E-state index in [-0.39, 0.29) is 16.8 Å². The number of nitrogens with zero attached hydrogens (tertiary/aromatic N) is 1. The lowest BCUT2D eigenvalue weighted by Crippen LogP contribution is -2.18. The molecule has 0 atom stereocenters. The Balaban J connectivity index is 2.77. The van der Waals surface area contributed by atoms with Gasteiger partial charge in [-0.05, 0) is 28.9 Å². The molecule has 0 spiro atoms. The molecule has 0 radical (unpaired) electrons. The Morgan fingerprint density at radius 2 is 2.10 bits per heavy atom. The molecule has 0 fully saturated rings. The molecule has 7 nitrogen and oxygen atoms in total. The second kappa shape index (κ2) is 7.67. The molecule has 0 saturated carbocycles. The number of ether oxygens (including phenoxy) is 2. The van der Waals surface area contributed by atoms with Crippen molar-refractivity contribution in [3.05, 3.63) is 32.5 Å². The Morgan fingerprint density at radius 3 is 2.67 bits per heavy atom. The summed E-state index contributed by atoms with van der Waals surface area (Å²) >= 11 is 2.92. The molecule has 21 heavy (non-hydrogen) atoms. The zero-order valence-electron chi connectivity index (χ0n) is 10.9. The maximum Gasteiger partial charge on any atom is 0.315 e. The smallest absolute Gasteiger partial charge is 0.315 e. The van der Waals surface area contributed by atoms with E-state index in [0.29, 0.717) is 6.07 Å². The van der Waals surface area contributed by atoms with Crippen LogP contribution in [0.3, 0.4) is 0 Å². The molecule has 1 aromatic rings. The van der Waals surface area contributed by atoms with Crippen LogP contribution in [0.25, 0.3) is 0 Å². The summed E-state index contributed by atoms with van der Waals surface area (Å²) in [5.41, 5.74) is -0.620. The first-order valence-electron chi connectivity index (χ1n) is 5.78. The van der Waals surface area contributed by atoms with E-state index < -0.39 is 41.2 Å². The minimum absolute atomic E-state index is 0.00173. The van der Waals surface area contributed by atoms with Crippen molar-refractivity contribution in [2.75, 3.05) is 13.2 Å². The fraction of sp³-hybridized carbons (Fsp3) is 0.333. The third kappa shape index (κ3) is 5.10. The van der Waals surface area contributed by atoms with E-state index >= 15 is 0 Å². The summed E-state index contributed by atoms with van der Waals surface area (Å²) in [6.45, 7) is 1.17. The first-order valence-corrected chi connectivity index (χ1v) is 6.58. The molecule has 9 heteroatoms. The van der Waals surface area contributed by atoms with E-state index in [1.165, 1.54) is 0 Å². The van der Waals surface area contributed by atoms with Gasteiger partial charge in [0.15, 0.2) is 5.78 Å². The average Bonchev–Trinajstić information content (AvgIpc) is 2.36. The highest BCUT2D eigenvalue weighted by molar-refractivity contribution is 9.10. The summed E-state index contributed by atoms with van der Waals surface area (Å²) in [6, 6.07) is 1.65. The van der Waals surface area contributed by atoms with Crippen LogP contribution in [0.4, 0.5) is 10.1 Å². The van der Waals surface area contributed by atoms with Crippen LogP contribution < -0.4 is 4.74 Å². The van der Waals surface area contributed by atoms with Crippen LogP contribution in [0, 0.1) is 15.9 Å². The summed E-state index contributed by atoms with van der Waals surface area (Å²) < 4.78 is 22.7. The zero-order valence-corrected chi connectivity index (χ0v) is 12.5. The standard InChI is InChI=1S/C12H11BrFNO6/c1-2-20-11(17)5-8(16)6-21-12-9(13)3-7(14)4-10(12)15(18)19/h3-4H,2,5-6H2,1H3. The first kappa shape index (κ1) is 17.0. The Bertz CT molecular complexity index is 577. The zero-order chi connectivity index (χ0) is 16.0. The predicted molar refractivity (Wildman–Crippen MR) is 72.5 cm³/mol. The molecule has 0 saturated heterocycles. The lowest BCUT2D eigenvalue weighted by molar-refractivity contribution is -0.386. The summed E-state index contributed by atoms with van der Waals surface area (Å²) in [7, 11) is 0. The molecule has 0 heterocycles. The monoisotopic (exact) mass is 363 g/mol. The molecule has 1 rings (SSSR count). The number of hydrogen-bond donors (Lipinski definition) is 0. The maximum absolute atomic E-state index is 13.1. The molecular weight excluding hydrogens is 353 g/mol. The highest BCUT2D eigenvalue weighted by atomic mass is 79.9. The van der Waals surface area contributed by atoms with Crippen molar-refractivity contribution < 1.29 is 28.4 Å². The van der Waals surface area contributed by atoms with Crippen molar-refractivity contribution in [3.8, 4) is 5.75 Å². The van der Waals surface area contributed by atoms with Crippen molar-refractivity contribution in [2.45, 2.75) is 13.3 Å². The van der Waals surface area contributed by atoms with Crippen LogP contribution in [0.1, 0.15) is 13.3 Å². The first-order chi connectivity index (χ1) is 9.85. The minimum atomic E-state index is -0.834. The van der Waals surface area contributed by atoms with Crippen molar-refractivity contribution >= 4 is 33.4 Å². The number of benzene rings is 1. The van der Waals surface area contributed by atoms with Gasteiger partial charge in [-0.1, -0.05) is 0 Å². The number of carbonyl (C=O) groups excluding carboxylic acids is 2. The van der Waals surface area contributed by atoms with Crippen LogP contribution in [0.5, 0.6) is 5.75 Å². The summed E-state index contributed by atoms with van der Waals surface area (Å²) in [5.74, 6) is -2.42. The highest BCUT2D eigenvalue weighted by Crippen LogP contribution is 2.35. The van der Waals surface area contributed by atoms with Crippen LogP contribution in [-0.2, 0) is 14.3 Å². The number of rotatable bonds is 7. The van der Waals surface area contributed by atoms with Gasteiger partial charge >= 0.3 is 11.7 Å². The molecule has 0 aliphatic carbocycles. The van der Waals surface area contributed by atoms with Gasteiger partial charge in [0.25, 0.3) is 0 Å². The third-order valence-electron chi connectivity index (χ3n) is 2.21. The quantitative estimate of drug-likeness (QED) is 0.319. The molecule has 0 unspecified atom stereocenters. The molecule has 0 bridgehead atoms.